The van der Waals surface area contributed by atoms with Crippen LogP contribution in [0.4, 0.5) is 0 Å². The van der Waals surface area contributed by atoms with Gasteiger partial charge in [0.25, 0.3) is 5.91 Å². The Morgan fingerprint density at radius 1 is 1.14 bits per heavy atom. The van der Waals surface area contributed by atoms with Crippen LogP contribution in [0.15, 0.2) is 18.2 Å². The number of fused-ring (bicyclic) bond motifs is 1. The number of carbonyl (C=O) groups is 1. The fourth-order valence-corrected chi connectivity index (χ4v) is 2.99. The Hall–Kier alpha value is -1.51. The van der Waals surface area contributed by atoms with E-state index in [1.807, 2.05) is 31.7 Å². The van der Waals surface area contributed by atoms with Gasteiger partial charge >= 0.3 is 0 Å². The van der Waals surface area contributed by atoms with E-state index in [1.54, 1.807) is 0 Å². The van der Waals surface area contributed by atoms with Gasteiger partial charge in [-0.15, -0.1) is 0 Å². The van der Waals surface area contributed by atoms with Crippen LogP contribution in [-0.2, 0) is 17.6 Å². The molecule has 21 heavy (non-hydrogen) atoms. The molecule has 0 saturated heterocycles. The third-order valence-corrected chi connectivity index (χ3v) is 4.32. The number of ether oxygens (including phenoxy) is 1. The first-order chi connectivity index (χ1) is 10.2. The first-order valence-electron chi connectivity index (χ1n) is 8.26. The van der Waals surface area contributed by atoms with Crippen LogP contribution in [0.2, 0.25) is 0 Å². The van der Waals surface area contributed by atoms with Crippen molar-refractivity contribution in [3.63, 3.8) is 0 Å². The minimum atomic E-state index is -0.369. The number of likely N-dealkylation sites (N-methyl/N-ethyl adjacent to an activating group) is 1. The molecule has 0 saturated carbocycles. The summed E-state index contributed by atoms with van der Waals surface area (Å²) in [4.78, 5) is 14.3. The van der Waals surface area contributed by atoms with Crippen LogP contribution in [0.1, 0.15) is 51.2 Å². The monoisotopic (exact) mass is 289 g/mol. The second-order valence-corrected chi connectivity index (χ2v) is 5.66. The molecule has 0 heterocycles. The van der Waals surface area contributed by atoms with Gasteiger partial charge in [-0.3, -0.25) is 4.79 Å². The van der Waals surface area contributed by atoms with Crippen molar-refractivity contribution in [3.05, 3.63) is 29.3 Å². The molecule has 3 heteroatoms. The van der Waals surface area contributed by atoms with Crippen LogP contribution in [0.25, 0.3) is 0 Å². The average molecular weight is 289 g/mol. The standard InChI is InChI=1S/C18H27NO2/c1-4-17(18(20)19(5-2)6-3)21-16-12-11-14-9-7-8-10-15(14)13-16/h11-13,17H,4-10H2,1-3H3. The summed E-state index contributed by atoms with van der Waals surface area (Å²) in [6, 6.07) is 6.31. The van der Waals surface area contributed by atoms with E-state index < -0.39 is 0 Å². The summed E-state index contributed by atoms with van der Waals surface area (Å²) in [5.41, 5.74) is 2.83. The van der Waals surface area contributed by atoms with Gasteiger partial charge in [-0.25, -0.2) is 0 Å². The molecule has 1 aromatic carbocycles. The van der Waals surface area contributed by atoms with Crippen LogP contribution < -0.4 is 4.74 Å². The van der Waals surface area contributed by atoms with Gasteiger partial charge in [-0.1, -0.05) is 13.0 Å². The third kappa shape index (κ3) is 3.78. The second kappa shape index (κ2) is 7.48. The van der Waals surface area contributed by atoms with Gasteiger partial charge in [0.1, 0.15) is 5.75 Å². The van der Waals surface area contributed by atoms with Gasteiger partial charge < -0.3 is 9.64 Å². The fourth-order valence-electron chi connectivity index (χ4n) is 2.99. The second-order valence-electron chi connectivity index (χ2n) is 5.66. The molecule has 1 aliphatic rings. The van der Waals surface area contributed by atoms with Crippen LogP contribution in [-0.4, -0.2) is 30.0 Å². The molecule has 0 fully saturated rings. The normalized spacial score (nSPS) is 15.2. The number of amides is 1. The highest BCUT2D eigenvalue weighted by molar-refractivity contribution is 5.81. The Labute approximate surface area is 128 Å². The lowest BCUT2D eigenvalue weighted by atomic mass is 9.92. The smallest absolute Gasteiger partial charge is 0.263 e. The first kappa shape index (κ1) is 15.9. The molecule has 0 N–H and O–H groups in total. The van der Waals surface area contributed by atoms with Crippen LogP contribution in [0.3, 0.4) is 0 Å². The minimum Gasteiger partial charge on any atom is -0.481 e. The number of hydrogen-bond donors (Lipinski definition) is 0. The van der Waals surface area contributed by atoms with Crippen molar-refractivity contribution in [3.8, 4) is 5.75 Å². The topological polar surface area (TPSA) is 29.5 Å². The number of hydrogen-bond acceptors (Lipinski definition) is 2. The van der Waals surface area contributed by atoms with Crippen molar-refractivity contribution < 1.29 is 9.53 Å². The molecule has 0 radical (unpaired) electrons. The summed E-state index contributed by atoms with van der Waals surface area (Å²) in [7, 11) is 0. The lowest BCUT2D eigenvalue weighted by molar-refractivity contribution is -0.138. The summed E-state index contributed by atoms with van der Waals surface area (Å²) in [5, 5.41) is 0. The zero-order valence-electron chi connectivity index (χ0n) is 13.5. The minimum absolute atomic E-state index is 0.0974. The van der Waals surface area contributed by atoms with E-state index in [4.69, 9.17) is 4.74 Å². The van der Waals surface area contributed by atoms with Crippen LogP contribution >= 0.6 is 0 Å². The predicted molar refractivity (Wildman–Crippen MR) is 85.7 cm³/mol. The highest BCUT2D eigenvalue weighted by atomic mass is 16.5. The lowest BCUT2D eigenvalue weighted by Crippen LogP contribution is -2.41. The Balaban J connectivity index is 2.09. The number of nitrogens with zero attached hydrogens (tertiary/aromatic N) is 1. The molecular formula is C18H27NO2. The molecule has 2 rings (SSSR count). The van der Waals surface area contributed by atoms with Gasteiger partial charge in [0, 0.05) is 13.1 Å². The molecule has 1 aliphatic carbocycles. The Morgan fingerprint density at radius 3 is 2.43 bits per heavy atom. The molecule has 1 unspecified atom stereocenters. The SMILES string of the molecule is CCC(Oc1ccc2c(c1)CCCC2)C(=O)N(CC)CC. The summed E-state index contributed by atoms with van der Waals surface area (Å²) in [5.74, 6) is 0.934. The summed E-state index contributed by atoms with van der Waals surface area (Å²) in [6.45, 7) is 7.49. The van der Waals surface area contributed by atoms with E-state index >= 15 is 0 Å². The molecule has 0 aliphatic heterocycles. The number of benzene rings is 1. The average Bonchev–Trinajstić information content (AvgIpc) is 2.53. The van der Waals surface area contributed by atoms with Gasteiger partial charge in [0.15, 0.2) is 6.10 Å². The Morgan fingerprint density at radius 2 is 1.81 bits per heavy atom. The Bertz CT molecular complexity index is 480. The summed E-state index contributed by atoms with van der Waals surface area (Å²) in [6.07, 6.45) is 5.17. The summed E-state index contributed by atoms with van der Waals surface area (Å²) >= 11 is 0. The van der Waals surface area contributed by atoms with Crippen molar-refractivity contribution in [2.45, 2.75) is 59.0 Å². The summed E-state index contributed by atoms with van der Waals surface area (Å²) < 4.78 is 5.98. The molecule has 3 nitrogen and oxygen atoms in total. The van der Waals surface area contributed by atoms with E-state index in [2.05, 4.69) is 12.1 Å². The van der Waals surface area contributed by atoms with Crippen LogP contribution in [0, 0.1) is 0 Å². The van der Waals surface area contributed by atoms with Crippen molar-refractivity contribution in [1.82, 2.24) is 4.90 Å². The first-order valence-corrected chi connectivity index (χ1v) is 8.26. The van der Waals surface area contributed by atoms with E-state index in [9.17, 15) is 4.79 Å². The molecule has 1 aromatic rings. The van der Waals surface area contributed by atoms with Crippen molar-refractivity contribution >= 4 is 5.91 Å². The van der Waals surface area contributed by atoms with Crippen molar-refractivity contribution in [1.29, 1.82) is 0 Å². The number of rotatable bonds is 6. The fraction of sp³-hybridized carbons (Fsp3) is 0.611. The largest absolute Gasteiger partial charge is 0.481 e. The maximum Gasteiger partial charge on any atom is 0.263 e. The highest BCUT2D eigenvalue weighted by Gasteiger charge is 2.23. The maximum atomic E-state index is 12.4. The molecule has 0 aromatic heterocycles. The molecule has 1 amide bonds. The quantitative estimate of drug-likeness (QED) is 0.801. The van der Waals surface area contributed by atoms with E-state index in [-0.39, 0.29) is 12.0 Å². The number of carbonyl (C=O) groups excluding carboxylic acids is 1. The zero-order chi connectivity index (χ0) is 15.2. The van der Waals surface area contributed by atoms with Crippen molar-refractivity contribution in [2.75, 3.05) is 13.1 Å². The Kier molecular flexibility index (Phi) is 5.66. The van der Waals surface area contributed by atoms with Gasteiger partial charge in [0.2, 0.25) is 0 Å². The zero-order valence-corrected chi connectivity index (χ0v) is 13.5. The third-order valence-electron chi connectivity index (χ3n) is 4.32. The van der Waals surface area contributed by atoms with E-state index in [1.165, 1.54) is 30.4 Å². The molecule has 1 atom stereocenters. The van der Waals surface area contributed by atoms with E-state index in [0.717, 1.165) is 25.3 Å². The van der Waals surface area contributed by atoms with Crippen LogP contribution in [0.5, 0.6) is 5.75 Å². The van der Waals surface area contributed by atoms with Gasteiger partial charge in [-0.2, -0.15) is 0 Å². The maximum absolute atomic E-state index is 12.4. The van der Waals surface area contributed by atoms with E-state index in [0.29, 0.717) is 6.42 Å². The predicted octanol–water partition coefficient (Wildman–Crippen LogP) is 3.59. The molecular weight excluding hydrogens is 262 g/mol. The molecule has 0 bridgehead atoms. The lowest BCUT2D eigenvalue weighted by Gasteiger charge is -2.25. The molecule has 116 valence electrons. The molecule has 0 spiro atoms. The number of aryl methyl sites for hydroxylation is 2. The van der Waals surface area contributed by atoms with Crippen molar-refractivity contribution in [2.24, 2.45) is 0 Å². The van der Waals surface area contributed by atoms with Gasteiger partial charge in [-0.05, 0) is 69.2 Å². The highest BCUT2D eigenvalue weighted by Crippen LogP contribution is 2.26. The van der Waals surface area contributed by atoms with Gasteiger partial charge in [0.05, 0.1) is 0 Å².